The monoisotopic (exact) mass is 198 g/mol. The summed E-state index contributed by atoms with van der Waals surface area (Å²) >= 11 is 0. The number of hydrogen-bond acceptors (Lipinski definition) is 2. The van der Waals surface area contributed by atoms with Crippen LogP contribution in [0.15, 0.2) is 11.6 Å². The maximum Gasteiger partial charge on any atom is 0.302 e. The van der Waals surface area contributed by atoms with E-state index < -0.39 is 0 Å². The van der Waals surface area contributed by atoms with Crippen molar-refractivity contribution < 1.29 is 9.53 Å². The van der Waals surface area contributed by atoms with Crippen molar-refractivity contribution in [2.75, 3.05) is 6.61 Å². The molecule has 0 spiro atoms. The first-order valence-electron chi connectivity index (χ1n) is 5.52. The minimum atomic E-state index is -0.196. The molecule has 0 fully saturated rings. The second kappa shape index (κ2) is 8.79. The van der Waals surface area contributed by atoms with Gasteiger partial charge < -0.3 is 4.74 Å². The van der Waals surface area contributed by atoms with Crippen LogP contribution in [0, 0.1) is 0 Å². The lowest BCUT2D eigenvalue weighted by molar-refractivity contribution is -0.140. The largest absolute Gasteiger partial charge is 0.461 e. The summed E-state index contributed by atoms with van der Waals surface area (Å²) in [5, 5.41) is 0. The minimum Gasteiger partial charge on any atom is -0.461 e. The van der Waals surface area contributed by atoms with Crippen LogP contribution in [0.25, 0.3) is 0 Å². The van der Waals surface area contributed by atoms with Crippen LogP contribution in [0.5, 0.6) is 0 Å². The zero-order valence-corrected chi connectivity index (χ0v) is 9.64. The molecule has 0 amide bonds. The maximum atomic E-state index is 10.6. The minimum absolute atomic E-state index is 0.196. The van der Waals surface area contributed by atoms with Crippen molar-refractivity contribution >= 4 is 5.97 Å². The van der Waals surface area contributed by atoms with Gasteiger partial charge in [0.05, 0.1) is 0 Å². The van der Waals surface area contributed by atoms with Gasteiger partial charge in [0.25, 0.3) is 0 Å². The van der Waals surface area contributed by atoms with E-state index in [4.69, 9.17) is 4.74 Å². The van der Waals surface area contributed by atoms with Crippen molar-refractivity contribution in [2.24, 2.45) is 0 Å². The Hall–Kier alpha value is -0.790. The van der Waals surface area contributed by atoms with E-state index in [-0.39, 0.29) is 5.97 Å². The number of allylic oxidation sites excluding steroid dienone is 1. The van der Waals surface area contributed by atoms with Gasteiger partial charge in [-0.3, -0.25) is 4.79 Å². The molecule has 0 aromatic heterocycles. The van der Waals surface area contributed by atoms with Gasteiger partial charge in [-0.25, -0.2) is 0 Å². The third-order valence-electron chi connectivity index (χ3n) is 2.16. The van der Waals surface area contributed by atoms with Crippen molar-refractivity contribution in [3.8, 4) is 0 Å². The molecular weight excluding hydrogens is 176 g/mol. The van der Waals surface area contributed by atoms with Crippen LogP contribution in [0.3, 0.4) is 0 Å². The standard InChI is InChI=1S/C12H22O2/c1-4-6-7-8-9-12(5-2)10-14-11(3)13/h9H,4-8,10H2,1-3H3/b12-9+. The smallest absolute Gasteiger partial charge is 0.302 e. The Kier molecular flexibility index (Phi) is 8.30. The topological polar surface area (TPSA) is 26.3 Å². The quantitative estimate of drug-likeness (QED) is 0.356. The first kappa shape index (κ1) is 13.2. The van der Waals surface area contributed by atoms with Crippen molar-refractivity contribution in [1.29, 1.82) is 0 Å². The van der Waals surface area contributed by atoms with Gasteiger partial charge in [0.1, 0.15) is 6.61 Å². The molecule has 0 saturated carbocycles. The Morgan fingerprint density at radius 1 is 1.29 bits per heavy atom. The summed E-state index contributed by atoms with van der Waals surface area (Å²) in [6.45, 7) is 6.21. The number of carbonyl (C=O) groups excluding carboxylic acids is 1. The lowest BCUT2D eigenvalue weighted by atomic mass is 10.1. The number of rotatable bonds is 7. The third-order valence-corrected chi connectivity index (χ3v) is 2.16. The summed E-state index contributed by atoms with van der Waals surface area (Å²) < 4.78 is 4.94. The van der Waals surface area contributed by atoms with Gasteiger partial charge in [0, 0.05) is 6.92 Å². The van der Waals surface area contributed by atoms with Crippen molar-refractivity contribution in [3.63, 3.8) is 0 Å². The normalized spacial score (nSPS) is 11.5. The summed E-state index contributed by atoms with van der Waals surface area (Å²) in [5.74, 6) is -0.196. The Labute approximate surface area is 87.3 Å². The van der Waals surface area contributed by atoms with Gasteiger partial charge >= 0.3 is 5.97 Å². The summed E-state index contributed by atoms with van der Waals surface area (Å²) in [6.07, 6.45) is 8.05. The van der Waals surface area contributed by atoms with E-state index in [1.807, 2.05) is 0 Å². The molecule has 0 aromatic rings. The van der Waals surface area contributed by atoms with Crippen LogP contribution in [0.1, 0.15) is 52.9 Å². The molecule has 0 unspecified atom stereocenters. The van der Waals surface area contributed by atoms with Crippen molar-refractivity contribution in [1.82, 2.24) is 0 Å². The third kappa shape index (κ3) is 7.84. The molecule has 0 aliphatic rings. The highest BCUT2D eigenvalue weighted by atomic mass is 16.5. The fourth-order valence-electron chi connectivity index (χ4n) is 1.20. The highest BCUT2D eigenvalue weighted by molar-refractivity contribution is 5.66. The fourth-order valence-corrected chi connectivity index (χ4v) is 1.20. The van der Waals surface area contributed by atoms with Crippen molar-refractivity contribution in [2.45, 2.75) is 52.9 Å². The van der Waals surface area contributed by atoms with E-state index in [1.165, 1.54) is 31.8 Å². The predicted molar refractivity (Wildman–Crippen MR) is 59.1 cm³/mol. The van der Waals surface area contributed by atoms with Crippen LogP contribution in [-0.2, 0) is 9.53 Å². The van der Waals surface area contributed by atoms with Crippen LogP contribution >= 0.6 is 0 Å². The molecule has 14 heavy (non-hydrogen) atoms. The molecule has 0 radical (unpaired) electrons. The zero-order valence-electron chi connectivity index (χ0n) is 9.64. The van der Waals surface area contributed by atoms with E-state index >= 15 is 0 Å². The van der Waals surface area contributed by atoms with Gasteiger partial charge in [0.15, 0.2) is 0 Å². The second-order valence-electron chi connectivity index (χ2n) is 3.49. The summed E-state index contributed by atoms with van der Waals surface area (Å²) in [6, 6.07) is 0. The van der Waals surface area contributed by atoms with E-state index in [0.717, 1.165) is 12.8 Å². The van der Waals surface area contributed by atoms with E-state index in [0.29, 0.717) is 6.61 Å². The number of ether oxygens (including phenoxy) is 1. The maximum absolute atomic E-state index is 10.6. The molecule has 0 aromatic carbocycles. The van der Waals surface area contributed by atoms with Crippen LogP contribution < -0.4 is 0 Å². The first-order chi connectivity index (χ1) is 6.70. The summed E-state index contributed by atoms with van der Waals surface area (Å²) in [7, 11) is 0. The second-order valence-corrected chi connectivity index (χ2v) is 3.49. The van der Waals surface area contributed by atoms with Crippen LogP contribution in [0.4, 0.5) is 0 Å². The summed E-state index contributed by atoms with van der Waals surface area (Å²) in [5.41, 5.74) is 1.23. The molecule has 0 N–H and O–H groups in total. The summed E-state index contributed by atoms with van der Waals surface area (Å²) in [4.78, 5) is 10.6. The van der Waals surface area contributed by atoms with Gasteiger partial charge in [-0.1, -0.05) is 32.8 Å². The molecule has 0 saturated heterocycles. The molecular formula is C12H22O2. The SMILES string of the molecule is CCCCC/C=C(\CC)COC(C)=O. The highest BCUT2D eigenvalue weighted by Gasteiger charge is 1.97. The van der Waals surface area contributed by atoms with E-state index in [9.17, 15) is 4.79 Å². The van der Waals surface area contributed by atoms with Crippen LogP contribution in [0.2, 0.25) is 0 Å². The molecule has 2 nitrogen and oxygen atoms in total. The number of carbonyl (C=O) groups is 1. The predicted octanol–water partition coefficient (Wildman–Crippen LogP) is 3.47. The molecule has 0 aliphatic carbocycles. The Morgan fingerprint density at radius 2 is 2.00 bits per heavy atom. The Balaban J connectivity index is 3.69. The number of hydrogen-bond donors (Lipinski definition) is 0. The Bertz CT molecular complexity index is 183. The lowest BCUT2D eigenvalue weighted by Crippen LogP contribution is -2.02. The molecule has 0 heterocycles. The van der Waals surface area contributed by atoms with Crippen LogP contribution in [-0.4, -0.2) is 12.6 Å². The highest BCUT2D eigenvalue weighted by Crippen LogP contribution is 2.07. The number of unbranched alkanes of at least 4 members (excludes halogenated alkanes) is 3. The molecule has 0 rings (SSSR count). The average Bonchev–Trinajstić information content (AvgIpc) is 2.16. The lowest BCUT2D eigenvalue weighted by Gasteiger charge is -2.04. The fraction of sp³-hybridized carbons (Fsp3) is 0.750. The van der Waals surface area contributed by atoms with E-state index in [2.05, 4.69) is 19.9 Å². The average molecular weight is 198 g/mol. The van der Waals surface area contributed by atoms with Crippen molar-refractivity contribution in [3.05, 3.63) is 11.6 Å². The van der Waals surface area contributed by atoms with Gasteiger partial charge in [-0.15, -0.1) is 0 Å². The van der Waals surface area contributed by atoms with Gasteiger partial charge in [-0.2, -0.15) is 0 Å². The van der Waals surface area contributed by atoms with E-state index in [1.54, 1.807) is 0 Å². The molecule has 0 bridgehead atoms. The first-order valence-corrected chi connectivity index (χ1v) is 5.52. The Morgan fingerprint density at radius 3 is 2.50 bits per heavy atom. The molecule has 0 aliphatic heterocycles. The zero-order chi connectivity index (χ0) is 10.8. The molecule has 82 valence electrons. The van der Waals surface area contributed by atoms with Gasteiger partial charge in [-0.05, 0) is 24.8 Å². The molecule has 0 atom stereocenters. The van der Waals surface area contributed by atoms with Gasteiger partial charge in [0.2, 0.25) is 0 Å². The molecule has 2 heteroatoms. The number of esters is 1.